The zero-order chi connectivity index (χ0) is 15.8. The van der Waals surface area contributed by atoms with Crippen molar-refractivity contribution in [2.24, 2.45) is 0 Å². The number of sulfonamides is 1. The van der Waals surface area contributed by atoms with Gasteiger partial charge in [-0.3, -0.25) is 9.29 Å². The van der Waals surface area contributed by atoms with E-state index in [2.05, 4.69) is 20.9 Å². The highest BCUT2D eigenvalue weighted by Gasteiger charge is 2.28. The number of aromatic nitrogens is 1. The van der Waals surface area contributed by atoms with Gasteiger partial charge in [-0.1, -0.05) is 11.6 Å². The summed E-state index contributed by atoms with van der Waals surface area (Å²) in [5.74, 6) is -1.05. The Hall–Kier alpha value is -1.38. The van der Waals surface area contributed by atoms with E-state index in [0.29, 0.717) is 5.69 Å². The number of nitrogens with zero attached hydrogens (tertiary/aromatic N) is 2. The van der Waals surface area contributed by atoms with E-state index < -0.39 is 20.7 Å². The van der Waals surface area contributed by atoms with Crippen molar-refractivity contribution in [2.45, 2.75) is 4.90 Å². The van der Waals surface area contributed by atoms with Crippen LogP contribution in [0.1, 0.15) is 0 Å². The third kappa shape index (κ3) is 2.83. The average molecular weight is 395 g/mol. The van der Waals surface area contributed by atoms with Crippen LogP contribution in [0.4, 0.5) is 15.8 Å². The van der Waals surface area contributed by atoms with Crippen LogP contribution < -0.4 is 10.0 Å². The predicted octanol–water partition coefficient (Wildman–Crippen LogP) is 3.04. The van der Waals surface area contributed by atoms with Gasteiger partial charge in [-0.15, -0.1) is 0 Å². The third-order valence-electron chi connectivity index (χ3n) is 2.82. The Balaban J connectivity index is 2.61. The average Bonchev–Trinajstić information content (AvgIpc) is 2.48. The standard InChI is InChI=1S/C12H10BrClFN3O2S/c1-18(7-2-4-17-5-3-7)21(19,20)9-6-8(14)10(13)12(16)11(9)15/h2-6H,16H2,1H3. The van der Waals surface area contributed by atoms with Crippen LogP contribution in [0.5, 0.6) is 0 Å². The van der Waals surface area contributed by atoms with Crippen molar-refractivity contribution >= 4 is 48.9 Å². The molecule has 0 aliphatic rings. The van der Waals surface area contributed by atoms with Crippen LogP contribution in [0.2, 0.25) is 5.02 Å². The SMILES string of the molecule is CN(c1ccncc1)S(=O)(=O)c1cc(Cl)c(Br)c(N)c1F. The van der Waals surface area contributed by atoms with E-state index in [1.54, 1.807) is 0 Å². The molecule has 2 rings (SSSR count). The third-order valence-corrected chi connectivity index (χ3v) is 5.99. The second kappa shape index (κ2) is 5.78. The van der Waals surface area contributed by atoms with Crippen LogP contribution in [0.25, 0.3) is 0 Å². The van der Waals surface area contributed by atoms with Gasteiger partial charge in [-0.25, -0.2) is 12.8 Å². The van der Waals surface area contributed by atoms with Gasteiger partial charge >= 0.3 is 0 Å². The summed E-state index contributed by atoms with van der Waals surface area (Å²) in [5.41, 5.74) is 5.50. The fourth-order valence-electron chi connectivity index (χ4n) is 1.63. The summed E-state index contributed by atoms with van der Waals surface area (Å²) < 4.78 is 40.2. The van der Waals surface area contributed by atoms with Crippen LogP contribution in [0.3, 0.4) is 0 Å². The van der Waals surface area contributed by atoms with E-state index in [1.165, 1.54) is 31.6 Å². The van der Waals surface area contributed by atoms with Crippen molar-refractivity contribution in [1.29, 1.82) is 0 Å². The normalized spacial score (nSPS) is 11.4. The highest BCUT2D eigenvalue weighted by molar-refractivity contribution is 9.10. The van der Waals surface area contributed by atoms with E-state index in [4.69, 9.17) is 17.3 Å². The first-order chi connectivity index (χ1) is 9.76. The molecule has 0 atom stereocenters. The van der Waals surface area contributed by atoms with Crippen LogP contribution in [-0.2, 0) is 10.0 Å². The van der Waals surface area contributed by atoms with Gasteiger partial charge in [-0.2, -0.15) is 0 Å². The topological polar surface area (TPSA) is 76.3 Å². The first-order valence-corrected chi connectivity index (χ1v) is 8.20. The van der Waals surface area contributed by atoms with Gasteiger partial charge in [0.05, 0.1) is 20.9 Å². The molecule has 1 aromatic heterocycles. The molecule has 0 radical (unpaired) electrons. The van der Waals surface area contributed by atoms with E-state index in [9.17, 15) is 12.8 Å². The molecule has 5 nitrogen and oxygen atoms in total. The van der Waals surface area contributed by atoms with Crippen molar-refractivity contribution in [3.63, 3.8) is 0 Å². The Labute approximate surface area is 134 Å². The second-order valence-corrected chi connectivity index (χ2v) is 7.21. The van der Waals surface area contributed by atoms with Gasteiger partial charge in [-0.05, 0) is 34.1 Å². The molecule has 9 heteroatoms. The van der Waals surface area contributed by atoms with Crippen molar-refractivity contribution in [3.8, 4) is 0 Å². The minimum atomic E-state index is -4.14. The molecule has 0 unspecified atom stereocenters. The van der Waals surface area contributed by atoms with Gasteiger partial charge in [0.2, 0.25) is 0 Å². The van der Waals surface area contributed by atoms with Crippen LogP contribution >= 0.6 is 27.5 Å². The highest BCUT2D eigenvalue weighted by atomic mass is 79.9. The van der Waals surface area contributed by atoms with Gasteiger partial charge < -0.3 is 5.73 Å². The summed E-state index contributed by atoms with van der Waals surface area (Å²) >= 11 is 8.86. The summed E-state index contributed by atoms with van der Waals surface area (Å²) in [6, 6.07) is 3.99. The molecule has 0 amide bonds. The Bertz CT molecular complexity index is 787. The molecule has 0 aliphatic heterocycles. The number of rotatable bonds is 3. The maximum atomic E-state index is 14.2. The number of hydrogen-bond acceptors (Lipinski definition) is 4. The molecule has 21 heavy (non-hydrogen) atoms. The lowest BCUT2D eigenvalue weighted by atomic mass is 10.3. The minimum Gasteiger partial charge on any atom is -0.395 e. The largest absolute Gasteiger partial charge is 0.395 e. The summed E-state index contributed by atoms with van der Waals surface area (Å²) in [4.78, 5) is 3.21. The number of pyridine rings is 1. The van der Waals surface area contributed by atoms with Crippen LogP contribution in [0.15, 0.2) is 40.0 Å². The zero-order valence-corrected chi connectivity index (χ0v) is 13.9. The molecule has 0 spiro atoms. The van der Waals surface area contributed by atoms with Crippen molar-refractivity contribution in [1.82, 2.24) is 4.98 Å². The molecule has 0 bridgehead atoms. The molecule has 2 N–H and O–H groups in total. The molecule has 112 valence electrons. The van der Waals surface area contributed by atoms with Crippen molar-refractivity contribution < 1.29 is 12.8 Å². The number of benzene rings is 1. The number of hydrogen-bond donors (Lipinski definition) is 1. The molecule has 0 saturated carbocycles. The lowest BCUT2D eigenvalue weighted by Gasteiger charge is -2.20. The second-order valence-electron chi connectivity index (χ2n) is 4.08. The van der Waals surface area contributed by atoms with E-state index in [1.807, 2.05) is 0 Å². The number of anilines is 2. The molecule has 0 saturated heterocycles. The first kappa shape index (κ1) is 16.0. The fraction of sp³-hybridized carbons (Fsp3) is 0.0833. The predicted molar refractivity (Wildman–Crippen MR) is 83.3 cm³/mol. The summed E-state index contributed by atoms with van der Waals surface area (Å²) in [7, 11) is -2.84. The molecular weight excluding hydrogens is 385 g/mol. The Morgan fingerprint density at radius 1 is 1.38 bits per heavy atom. The Morgan fingerprint density at radius 3 is 2.52 bits per heavy atom. The van der Waals surface area contributed by atoms with E-state index in [0.717, 1.165) is 10.4 Å². The Kier molecular flexibility index (Phi) is 4.40. The Morgan fingerprint density at radius 2 is 1.95 bits per heavy atom. The quantitative estimate of drug-likeness (QED) is 0.641. The van der Waals surface area contributed by atoms with Gasteiger partial charge in [0.15, 0.2) is 5.82 Å². The van der Waals surface area contributed by atoms with Crippen molar-refractivity contribution in [2.75, 3.05) is 17.1 Å². The molecule has 1 heterocycles. The van der Waals surface area contributed by atoms with Gasteiger partial charge in [0, 0.05) is 19.4 Å². The molecule has 0 aliphatic carbocycles. The van der Waals surface area contributed by atoms with Crippen LogP contribution in [-0.4, -0.2) is 20.4 Å². The fourth-order valence-corrected chi connectivity index (χ4v) is 3.49. The van der Waals surface area contributed by atoms with E-state index >= 15 is 0 Å². The maximum absolute atomic E-state index is 14.2. The smallest absolute Gasteiger partial charge is 0.267 e. The van der Waals surface area contributed by atoms with E-state index in [-0.39, 0.29) is 15.2 Å². The minimum absolute atomic E-state index is 0.00982. The number of nitrogens with two attached hydrogens (primary N) is 1. The number of nitrogen functional groups attached to an aromatic ring is 1. The lowest BCUT2D eigenvalue weighted by Crippen LogP contribution is -2.27. The number of halogens is 3. The highest BCUT2D eigenvalue weighted by Crippen LogP contribution is 2.36. The van der Waals surface area contributed by atoms with Crippen molar-refractivity contribution in [3.05, 3.63) is 45.9 Å². The maximum Gasteiger partial charge on any atom is 0.267 e. The summed E-state index contributed by atoms with van der Waals surface area (Å²) in [6.07, 6.45) is 2.86. The van der Waals surface area contributed by atoms with Gasteiger partial charge in [0.1, 0.15) is 4.90 Å². The van der Waals surface area contributed by atoms with Crippen LogP contribution in [0, 0.1) is 5.82 Å². The molecule has 1 aromatic carbocycles. The van der Waals surface area contributed by atoms with Gasteiger partial charge in [0.25, 0.3) is 10.0 Å². The molecular formula is C12H10BrClFN3O2S. The summed E-state index contributed by atoms with van der Waals surface area (Å²) in [5, 5.41) is 0.00982. The molecule has 2 aromatic rings. The monoisotopic (exact) mass is 393 g/mol. The molecule has 0 fully saturated rings. The summed E-state index contributed by atoms with van der Waals surface area (Å²) in [6.45, 7) is 0. The first-order valence-electron chi connectivity index (χ1n) is 5.58. The lowest BCUT2D eigenvalue weighted by molar-refractivity contribution is 0.567. The zero-order valence-electron chi connectivity index (χ0n) is 10.7.